The standard InChI is InChI=1S/C30H31FN2O2/c1-33(2)18-17-30(34,25-14-8-5-9-15-25)28(23-13-10-16-26(31)19-23)27-20-24(21-32-29(27)35-3)22-11-6-4-7-12-22/h4-16,19-21,28,34H,17-18H2,1-3H3. The molecule has 2 unspecified atom stereocenters. The van der Waals surface area contributed by atoms with Crippen LogP contribution in [0.5, 0.6) is 5.88 Å². The second-order valence-electron chi connectivity index (χ2n) is 9.02. The lowest BCUT2D eigenvalue weighted by atomic mass is 9.71. The quantitative estimate of drug-likeness (QED) is 0.332. The minimum absolute atomic E-state index is 0.360. The van der Waals surface area contributed by atoms with Crippen LogP contribution in [0.3, 0.4) is 0 Å². The van der Waals surface area contributed by atoms with Gasteiger partial charge in [0, 0.05) is 29.8 Å². The number of hydrogen-bond acceptors (Lipinski definition) is 4. The van der Waals surface area contributed by atoms with Crippen molar-refractivity contribution in [3.8, 4) is 17.0 Å². The fourth-order valence-electron chi connectivity index (χ4n) is 4.61. The van der Waals surface area contributed by atoms with Crippen molar-refractivity contribution >= 4 is 0 Å². The average Bonchev–Trinajstić information content (AvgIpc) is 2.88. The third kappa shape index (κ3) is 5.42. The topological polar surface area (TPSA) is 45.6 Å². The van der Waals surface area contributed by atoms with Crippen LogP contribution in [0.1, 0.15) is 29.0 Å². The van der Waals surface area contributed by atoms with E-state index in [1.54, 1.807) is 19.4 Å². The molecule has 2 atom stereocenters. The molecule has 1 heterocycles. The van der Waals surface area contributed by atoms with Crippen LogP contribution < -0.4 is 4.74 Å². The lowest BCUT2D eigenvalue weighted by Gasteiger charge is -2.39. The number of pyridine rings is 1. The largest absolute Gasteiger partial charge is 0.481 e. The molecule has 35 heavy (non-hydrogen) atoms. The van der Waals surface area contributed by atoms with Crippen molar-refractivity contribution in [3.63, 3.8) is 0 Å². The van der Waals surface area contributed by atoms with Crippen LogP contribution in [-0.2, 0) is 5.60 Å². The monoisotopic (exact) mass is 470 g/mol. The van der Waals surface area contributed by atoms with Gasteiger partial charge < -0.3 is 14.7 Å². The van der Waals surface area contributed by atoms with Gasteiger partial charge in [-0.25, -0.2) is 9.37 Å². The van der Waals surface area contributed by atoms with Crippen LogP contribution >= 0.6 is 0 Å². The van der Waals surface area contributed by atoms with Crippen molar-refractivity contribution in [1.29, 1.82) is 0 Å². The van der Waals surface area contributed by atoms with E-state index in [-0.39, 0.29) is 5.82 Å². The highest BCUT2D eigenvalue weighted by atomic mass is 19.1. The third-order valence-electron chi connectivity index (χ3n) is 6.36. The number of aromatic nitrogens is 1. The molecule has 0 radical (unpaired) electrons. The van der Waals surface area contributed by atoms with Crippen LogP contribution in [0.15, 0.2) is 97.2 Å². The predicted molar refractivity (Wildman–Crippen MR) is 138 cm³/mol. The van der Waals surface area contributed by atoms with Gasteiger partial charge in [0.05, 0.1) is 7.11 Å². The summed E-state index contributed by atoms with van der Waals surface area (Å²) in [4.78, 5) is 6.64. The first kappa shape index (κ1) is 24.6. The number of aliphatic hydroxyl groups is 1. The van der Waals surface area contributed by atoms with Gasteiger partial charge in [-0.15, -0.1) is 0 Å². The molecule has 0 saturated heterocycles. The van der Waals surface area contributed by atoms with Gasteiger partial charge in [-0.05, 0) is 55.4 Å². The summed E-state index contributed by atoms with van der Waals surface area (Å²) < 4.78 is 20.2. The van der Waals surface area contributed by atoms with E-state index in [1.807, 2.05) is 91.8 Å². The first-order chi connectivity index (χ1) is 16.9. The van der Waals surface area contributed by atoms with E-state index in [0.717, 1.165) is 16.7 Å². The number of nitrogens with zero attached hydrogens (tertiary/aromatic N) is 2. The molecule has 0 bridgehead atoms. The SMILES string of the molecule is COc1ncc(-c2ccccc2)cc1C(c1cccc(F)c1)C(O)(CCN(C)C)c1ccccc1. The van der Waals surface area contributed by atoms with Gasteiger partial charge >= 0.3 is 0 Å². The zero-order valence-corrected chi connectivity index (χ0v) is 20.4. The van der Waals surface area contributed by atoms with E-state index in [2.05, 4.69) is 4.98 Å². The number of hydrogen-bond donors (Lipinski definition) is 1. The molecule has 1 N–H and O–H groups in total. The van der Waals surface area contributed by atoms with E-state index < -0.39 is 11.5 Å². The molecule has 0 fully saturated rings. The van der Waals surface area contributed by atoms with Crippen molar-refractivity contribution in [3.05, 3.63) is 120 Å². The van der Waals surface area contributed by atoms with Crippen molar-refractivity contribution in [1.82, 2.24) is 9.88 Å². The lowest BCUT2D eigenvalue weighted by molar-refractivity contribution is 0.00371. The highest BCUT2D eigenvalue weighted by Crippen LogP contribution is 2.47. The number of halogens is 1. The Labute approximate surface area is 206 Å². The molecule has 180 valence electrons. The van der Waals surface area contributed by atoms with Crippen LogP contribution in [0, 0.1) is 5.82 Å². The summed E-state index contributed by atoms with van der Waals surface area (Å²) in [7, 11) is 5.51. The summed E-state index contributed by atoms with van der Waals surface area (Å²) in [5, 5.41) is 12.5. The Morgan fingerprint density at radius 2 is 1.60 bits per heavy atom. The van der Waals surface area contributed by atoms with E-state index in [4.69, 9.17) is 4.74 Å². The summed E-state index contributed by atoms with van der Waals surface area (Å²) in [6, 6.07) is 28.0. The normalized spacial score (nSPS) is 13.9. The fourth-order valence-corrected chi connectivity index (χ4v) is 4.61. The van der Waals surface area contributed by atoms with Crippen molar-refractivity contribution in [2.45, 2.75) is 17.9 Å². The highest BCUT2D eigenvalue weighted by molar-refractivity contribution is 5.65. The average molecular weight is 471 g/mol. The molecule has 4 nitrogen and oxygen atoms in total. The van der Waals surface area contributed by atoms with E-state index in [9.17, 15) is 9.50 Å². The molecular formula is C30H31FN2O2. The zero-order chi connectivity index (χ0) is 24.8. The van der Waals surface area contributed by atoms with Crippen molar-refractivity contribution in [2.75, 3.05) is 27.7 Å². The van der Waals surface area contributed by atoms with E-state index in [1.165, 1.54) is 12.1 Å². The number of rotatable bonds is 9. The van der Waals surface area contributed by atoms with Crippen molar-refractivity contribution in [2.24, 2.45) is 0 Å². The van der Waals surface area contributed by atoms with Crippen LogP contribution in [0.4, 0.5) is 4.39 Å². The molecule has 0 amide bonds. The van der Waals surface area contributed by atoms with Crippen LogP contribution in [0.25, 0.3) is 11.1 Å². The third-order valence-corrected chi connectivity index (χ3v) is 6.36. The van der Waals surface area contributed by atoms with E-state index in [0.29, 0.717) is 30.0 Å². The Morgan fingerprint density at radius 1 is 0.914 bits per heavy atom. The molecule has 0 aliphatic heterocycles. The summed E-state index contributed by atoms with van der Waals surface area (Å²) in [6.07, 6.45) is 2.19. The lowest BCUT2D eigenvalue weighted by Crippen LogP contribution is -2.37. The Kier molecular flexibility index (Phi) is 7.59. The van der Waals surface area contributed by atoms with Gasteiger partial charge in [0.1, 0.15) is 11.4 Å². The molecule has 0 spiro atoms. The van der Waals surface area contributed by atoms with Gasteiger partial charge in [0.2, 0.25) is 5.88 Å². The second-order valence-corrected chi connectivity index (χ2v) is 9.02. The van der Waals surface area contributed by atoms with Gasteiger partial charge in [0.25, 0.3) is 0 Å². The Bertz CT molecular complexity index is 1250. The fraction of sp³-hybridized carbons (Fsp3) is 0.233. The number of ether oxygens (including phenoxy) is 1. The van der Waals surface area contributed by atoms with Crippen LogP contribution in [-0.4, -0.2) is 42.7 Å². The van der Waals surface area contributed by atoms with Crippen molar-refractivity contribution < 1.29 is 14.2 Å². The van der Waals surface area contributed by atoms with Gasteiger partial charge in [-0.2, -0.15) is 0 Å². The van der Waals surface area contributed by atoms with Gasteiger partial charge in [0.15, 0.2) is 0 Å². The molecule has 1 aromatic heterocycles. The Morgan fingerprint density at radius 3 is 2.23 bits per heavy atom. The first-order valence-corrected chi connectivity index (χ1v) is 11.7. The summed E-state index contributed by atoms with van der Waals surface area (Å²) in [6.45, 7) is 0.630. The molecule has 4 rings (SSSR count). The molecule has 4 aromatic rings. The van der Waals surface area contributed by atoms with E-state index >= 15 is 0 Å². The first-order valence-electron chi connectivity index (χ1n) is 11.7. The zero-order valence-electron chi connectivity index (χ0n) is 20.4. The maximum absolute atomic E-state index is 14.5. The summed E-state index contributed by atoms with van der Waals surface area (Å²) in [5.41, 5.74) is 2.64. The smallest absolute Gasteiger partial charge is 0.217 e. The maximum Gasteiger partial charge on any atom is 0.217 e. The highest BCUT2D eigenvalue weighted by Gasteiger charge is 2.42. The molecular weight excluding hydrogens is 439 g/mol. The molecule has 5 heteroatoms. The molecule has 3 aromatic carbocycles. The number of methoxy groups -OCH3 is 1. The number of benzene rings is 3. The molecule has 0 aliphatic rings. The van der Waals surface area contributed by atoms with Gasteiger partial charge in [-0.1, -0.05) is 72.8 Å². The minimum atomic E-state index is -1.36. The Balaban J connectivity index is 1.99. The van der Waals surface area contributed by atoms with Crippen LogP contribution in [0.2, 0.25) is 0 Å². The predicted octanol–water partition coefficient (Wildman–Crippen LogP) is 5.87. The van der Waals surface area contributed by atoms with Gasteiger partial charge in [-0.3, -0.25) is 0 Å². The second kappa shape index (κ2) is 10.8. The minimum Gasteiger partial charge on any atom is -0.481 e. The Hall–Kier alpha value is -3.54. The molecule has 0 saturated carbocycles. The summed E-state index contributed by atoms with van der Waals surface area (Å²) in [5.74, 6) is -0.591. The summed E-state index contributed by atoms with van der Waals surface area (Å²) >= 11 is 0. The maximum atomic E-state index is 14.5. The molecule has 0 aliphatic carbocycles.